The van der Waals surface area contributed by atoms with Crippen LogP contribution >= 0.6 is 0 Å². The van der Waals surface area contributed by atoms with Gasteiger partial charge in [-0.1, -0.05) is 18.2 Å². The maximum absolute atomic E-state index is 13.9. The van der Waals surface area contributed by atoms with E-state index in [-0.39, 0.29) is 31.7 Å². The van der Waals surface area contributed by atoms with Gasteiger partial charge in [0.2, 0.25) is 10.0 Å². The molecule has 1 fully saturated rings. The lowest BCUT2D eigenvalue weighted by Gasteiger charge is -2.34. The number of rotatable bonds is 4. The van der Waals surface area contributed by atoms with Gasteiger partial charge in [-0.05, 0) is 36.8 Å². The third-order valence-corrected chi connectivity index (χ3v) is 7.02. The van der Waals surface area contributed by atoms with Gasteiger partial charge < -0.3 is 10.2 Å². The Morgan fingerprint density at radius 1 is 1.03 bits per heavy atom. The molecule has 0 saturated carbocycles. The molecular formula is C20H20F5N3O3S. The number of benzene rings is 2. The molecule has 32 heavy (non-hydrogen) atoms. The van der Waals surface area contributed by atoms with E-state index in [1.165, 1.54) is 30.0 Å². The molecule has 0 radical (unpaired) electrons. The van der Waals surface area contributed by atoms with Crippen LogP contribution in [0.4, 0.5) is 26.7 Å². The number of sulfonamides is 1. The maximum Gasteiger partial charge on any atom is 0.416 e. The van der Waals surface area contributed by atoms with E-state index in [0.717, 1.165) is 16.4 Å². The Morgan fingerprint density at radius 3 is 2.28 bits per heavy atom. The van der Waals surface area contributed by atoms with E-state index in [1.807, 2.05) is 0 Å². The number of urea groups is 1. The average Bonchev–Trinajstić information content (AvgIpc) is 2.74. The summed E-state index contributed by atoms with van der Waals surface area (Å²) in [6, 6.07) is 5.36. The Kier molecular flexibility index (Phi) is 6.75. The molecule has 1 heterocycles. The first-order chi connectivity index (χ1) is 14.9. The van der Waals surface area contributed by atoms with Crippen molar-refractivity contribution in [2.24, 2.45) is 0 Å². The molecule has 3 rings (SSSR count). The van der Waals surface area contributed by atoms with Crippen molar-refractivity contribution in [3.63, 3.8) is 0 Å². The lowest BCUT2D eigenvalue weighted by atomic mass is 10.0. The van der Waals surface area contributed by atoms with Crippen molar-refractivity contribution in [2.45, 2.75) is 24.0 Å². The fourth-order valence-electron chi connectivity index (χ4n) is 3.43. The van der Waals surface area contributed by atoms with Crippen LogP contribution in [0.3, 0.4) is 0 Å². The number of amides is 2. The van der Waals surface area contributed by atoms with Gasteiger partial charge in [0, 0.05) is 26.2 Å². The zero-order valence-corrected chi connectivity index (χ0v) is 17.7. The number of carbonyl (C=O) groups is 1. The molecule has 6 nitrogen and oxygen atoms in total. The summed E-state index contributed by atoms with van der Waals surface area (Å²) in [5.74, 6) is -2.00. The zero-order valence-electron chi connectivity index (χ0n) is 16.9. The number of nitrogens with one attached hydrogen (secondary N) is 1. The van der Waals surface area contributed by atoms with Crippen molar-refractivity contribution >= 4 is 16.1 Å². The second kappa shape index (κ2) is 9.02. The molecule has 1 unspecified atom stereocenters. The van der Waals surface area contributed by atoms with Gasteiger partial charge in [-0.2, -0.15) is 17.5 Å². The van der Waals surface area contributed by atoms with E-state index in [1.54, 1.807) is 0 Å². The molecule has 2 aromatic carbocycles. The standard InChI is InChI=1S/C20H20F5N3O3S/c1-13(15-4-2-3-5-16(15)20(23,24)25)26-19(29)27-8-10-28(11-9-27)32(30,31)18-12-14(21)6-7-17(18)22/h2-7,12-13H,8-11H2,1H3,(H,26,29). The molecule has 0 aliphatic carbocycles. The first kappa shape index (κ1) is 23.9. The average molecular weight is 477 g/mol. The highest BCUT2D eigenvalue weighted by molar-refractivity contribution is 7.89. The monoisotopic (exact) mass is 477 g/mol. The Balaban J connectivity index is 1.66. The number of hydrogen-bond donors (Lipinski definition) is 1. The summed E-state index contributed by atoms with van der Waals surface area (Å²) in [5.41, 5.74) is -0.961. The van der Waals surface area contributed by atoms with Gasteiger partial charge in [0.1, 0.15) is 16.5 Å². The third-order valence-electron chi connectivity index (χ3n) is 5.11. The smallest absolute Gasteiger partial charge is 0.331 e. The predicted octanol–water partition coefficient (Wildman–Crippen LogP) is 3.76. The molecule has 1 saturated heterocycles. The molecule has 1 N–H and O–H groups in total. The maximum atomic E-state index is 13.9. The molecule has 0 aromatic heterocycles. The van der Waals surface area contributed by atoms with Crippen LogP contribution in [-0.4, -0.2) is 49.8 Å². The second-order valence-corrected chi connectivity index (χ2v) is 9.13. The van der Waals surface area contributed by atoms with Gasteiger partial charge in [0.05, 0.1) is 11.6 Å². The van der Waals surface area contributed by atoms with Crippen LogP contribution < -0.4 is 5.32 Å². The number of alkyl halides is 3. The van der Waals surface area contributed by atoms with E-state index < -0.39 is 50.4 Å². The lowest BCUT2D eigenvalue weighted by Crippen LogP contribution is -2.53. The molecule has 12 heteroatoms. The normalized spacial score (nSPS) is 16.6. The second-order valence-electron chi connectivity index (χ2n) is 7.22. The third kappa shape index (κ3) is 5.01. The summed E-state index contributed by atoms with van der Waals surface area (Å²) in [5, 5.41) is 2.49. The number of halogens is 5. The summed E-state index contributed by atoms with van der Waals surface area (Å²) < 4.78 is 93.1. The summed E-state index contributed by atoms with van der Waals surface area (Å²) in [6.45, 7) is 0.902. The van der Waals surface area contributed by atoms with Gasteiger partial charge in [0.15, 0.2) is 0 Å². The van der Waals surface area contributed by atoms with Gasteiger partial charge in [-0.3, -0.25) is 0 Å². The number of carbonyl (C=O) groups excluding carboxylic acids is 1. The summed E-state index contributed by atoms with van der Waals surface area (Å²) >= 11 is 0. The van der Waals surface area contributed by atoms with Gasteiger partial charge >= 0.3 is 12.2 Å². The van der Waals surface area contributed by atoms with Crippen molar-refractivity contribution in [3.05, 3.63) is 65.2 Å². The van der Waals surface area contributed by atoms with E-state index in [2.05, 4.69) is 5.32 Å². The van der Waals surface area contributed by atoms with Crippen LogP contribution in [0, 0.1) is 11.6 Å². The van der Waals surface area contributed by atoms with Crippen LogP contribution in [0.5, 0.6) is 0 Å². The van der Waals surface area contributed by atoms with E-state index in [0.29, 0.717) is 12.1 Å². The molecule has 2 amide bonds. The van der Waals surface area contributed by atoms with Crippen LogP contribution in [0.25, 0.3) is 0 Å². The first-order valence-electron chi connectivity index (χ1n) is 9.58. The lowest BCUT2D eigenvalue weighted by molar-refractivity contribution is -0.138. The summed E-state index contributed by atoms with van der Waals surface area (Å²) in [6.07, 6.45) is -4.58. The first-order valence-corrected chi connectivity index (χ1v) is 11.0. The zero-order chi connectivity index (χ0) is 23.7. The highest BCUT2D eigenvalue weighted by atomic mass is 32.2. The Bertz CT molecular complexity index is 1100. The topological polar surface area (TPSA) is 69.7 Å². The van der Waals surface area contributed by atoms with E-state index in [4.69, 9.17) is 0 Å². The Morgan fingerprint density at radius 2 is 1.66 bits per heavy atom. The summed E-state index contributed by atoms with van der Waals surface area (Å²) in [4.78, 5) is 13.0. The minimum absolute atomic E-state index is 0.0738. The van der Waals surface area contributed by atoms with Crippen molar-refractivity contribution < 1.29 is 35.2 Å². The molecule has 0 spiro atoms. The molecule has 0 bridgehead atoms. The van der Waals surface area contributed by atoms with E-state index >= 15 is 0 Å². The largest absolute Gasteiger partial charge is 0.416 e. The van der Waals surface area contributed by atoms with Crippen LogP contribution in [0.2, 0.25) is 0 Å². The molecule has 174 valence electrons. The summed E-state index contributed by atoms with van der Waals surface area (Å²) in [7, 11) is -4.32. The number of nitrogens with zero attached hydrogens (tertiary/aromatic N) is 2. The van der Waals surface area contributed by atoms with Crippen molar-refractivity contribution in [2.75, 3.05) is 26.2 Å². The van der Waals surface area contributed by atoms with Crippen LogP contribution in [-0.2, 0) is 16.2 Å². The number of piperazine rings is 1. The molecular weight excluding hydrogens is 457 g/mol. The fourth-order valence-corrected chi connectivity index (χ4v) is 4.93. The van der Waals surface area contributed by atoms with Gasteiger partial charge in [-0.25, -0.2) is 22.0 Å². The predicted molar refractivity (Wildman–Crippen MR) is 105 cm³/mol. The molecule has 1 atom stereocenters. The molecule has 2 aromatic rings. The highest BCUT2D eigenvalue weighted by Crippen LogP contribution is 2.34. The van der Waals surface area contributed by atoms with Crippen LogP contribution in [0.15, 0.2) is 47.4 Å². The molecule has 1 aliphatic heterocycles. The van der Waals surface area contributed by atoms with Crippen LogP contribution in [0.1, 0.15) is 24.1 Å². The Hall–Kier alpha value is -2.73. The highest BCUT2D eigenvalue weighted by Gasteiger charge is 2.35. The molecule has 1 aliphatic rings. The minimum Gasteiger partial charge on any atom is -0.331 e. The minimum atomic E-state index is -4.58. The SMILES string of the molecule is CC(NC(=O)N1CCN(S(=O)(=O)c2cc(F)ccc2F)CC1)c1ccccc1C(F)(F)F. The Labute approximate surface area is 181 Å². The van der Waals surface area contributed by atoms with Gasteiger partial charge in [0.25, 0.3) is 0 Å². The van der Waals surface area contributed by atoms with Gasteiger partial charge in [-0.15, -0.1) is 0 Å². The van der Waals surface area contributed by atoms with Crippen molar-refractivity contribution in [1.29, 1.82) is 0 Å². The van der Waals surface area contributed by atoms with Crippen molar-refractivity contribution in [1.82, 2.24) is 14.5 Å². The van der Waals surface area contributed by atoms with E-state index in [9.17, 15) is 35.2 Å². The van der Waals surface area contributed by atoms with Crippen molar-refractivity contribution in [3.8, 4) is 0 Å². The fraction of sp³-hybridized carbons (Fsp3) is 0.350. The number of hydrogen-bond acceptors (Lipinski definition) is 3. The quantitative estimate of drug-likeness (QED) is 0.682.